The van der Waals surface area contributed by atoms with Gasteiger partial charge in [0.25, 0.3) is 0 Å². The Bertz CT molecular complexity index is 856. The van der Waals surface area contributed by atoms with E-state index in [4.69, 9.17) is 14.5 Å². The Kier molecular flexibility index (Phi) is 11.4. The molecule has 1 aliphatic rings. The van der Waals surface area contributed by atoms with Crippen LogP contribution < -0.4 is 25.0 Å². The van der Waals surface area contributed by atoms with E-state index < -0.39 is 0 Å². The van der Waals surface area contributed by atoms with Gasteiger partial charge in [0, 0.05) is 32.4 Å². The molecule has 3 rings (SSSR count). The molecule has 176 valence electrons. The Morgan fingerprint density at radius 3 is 2.50 bits per heavy atom. The molecule has 0 radical (unpaired) electrons. The Morgan fingerprint density at radius 1 is 1.00 bits per heavy atom. The fraction of sp³-hybridized carbons (Fsp3) is 0.500. The van der Waals surface area contributed by atoms with Crippen LogP contribution in [0.2, 0.25) is 0 Å². The van der Waals surface area contributed by atoms with Crippen LogP contribution in [0.4, 0.5) is 5.82 Å². The van der Waals surface area contributed by atoms with Gasteiger partial charge in [-0.2, -0.15) is 0 Å². The number of halogens is 1. The number of nitrogens with one attached hydrogen (secondary N) is 2. The smallest absolute Gasteiger partial charge is 0.191 e. The van der Waals surface area contributed by atoms with Crippen molar-refractivity contribution < 1.29 is 9.47 Å². The summed E-state index contributed by atoms with van der Waals surface area (Å²) in [5.41, 5.74) is 2.36. The van der Waals surface area contributed by atoms with E-state index in [0.717, 1.165) is 55.9 Å². The molecule has 0 atom stereocenters. The molecule has 1 saturated heterocycles. The number of methoxy groups -OCH3 is 2. The lowest BCUT2D eigenvalue weighted by Crippen LogP contribution is -2.38. The van der Waals surface area contributed by atoms with Gasteiger partial charge in [-0.15, -0.1) is 24.0 Å². The predicted octanol–water partition coefficient (Wildman–Crippen LogP) is 4.00. The van der Waals surface area contributed by atoms with Crippen molar-refractivity contribution in [3.05, 3.63) is 47.7 Å². The van der Waals surface area contributed by atoms with E-state index in [1.807, 2.05) is 24.4 Å². The number of piperidine rings is 1. The third-order valence-electron chi connectivity index (χ3n) is 5.41. The van der Waals surface area contributed by atoms with Gasteiger partial charge in [0.05, 0.1) is 20.8 Å². The largest absolute Gasteiger partial charge is 0.493 e. The summed E-state index contributed by atoms with van der Waals surface area (Å²) < 4.78 is 10.7. The van der Waals surface area contributed by atoms with Crippen LogP contribution in [0.1, 0.15) is 37.3 Å². The molecule has 0 bridgehead atoms. The maximum Gasteiger partial charge on any atom is 0.191 e. The lowest BCUT2D eigenvalue weighted by atomic mass is 10.1. The van der Waals surface area contributed by atoms with Gasteiger partial charge in [0.2, 0.25) is 0 Å². The van der Waals surface area contributed by atoms with E-state index >= 15 is 0 Å². The van der Waals surface area contributed by atoms with Crippen LogP contribution >= 0.6 is 24.0 Å². The highest BCUT2D eigenvalue weighted by Crippen LogP contribution is 2.27. The first-order chi connectivity index (χ1) is 15.2. The van der Waals surface area contributed by atoms with E-state index in [1.54, 1.807) is 14.2 Å². The Hall–Kier alpha value is -2.23. The number of aliphatic imine (C=N–C) groups is 1. The van der Waals surface area contributed by atoms with Gasteiger partial charge in [-0.3, -0.25) is 0 Å². The molecule has 1 aliphatic heterocycles. The summed E-state index contributed by atoms with van der Waals surface area (Å²) in [5, 5.41) is 6.75. The normalized spacial score (nSPS) is 13.8. The Morgan fingerprint density at radius 2 is 1.78 bits per heavy atom. The highest BCUT2D eigenvalue weighted by Gasteiger charge is 2.12. The van der Waals surface area contributed by atoms with Gasteiger partial charge in [0.15, 0.2) is 17.5 Å². The quantitative estimate of drug-likeness (QED) is 0.278. The summed E-state index contributed by atoms with van der Waals surface area (Å²) in [4.78, 5) is 11.7. The minimum atomic E-state index is 0. The lowest BCUT2D eigenvalue weighted by molar-refractivity contribution is 0.354. The first-order valence-electron chi connectivity index (χ1n) is 11.2. The van der Waals surface area contributed by atoms with E-state index in [-0.39, 0.29) is 24.0 Å². The number of rotatable bonds is 9. The summed E-state index contributed by atoms with van der Waals surface area (Å²) in [7, 11) is 3.31. The van der Waals surface area contributed by atoms with Gasteiger partial charge in [0.1, 0.15) is 5.82 Å². The van der Waals surface area contributed by atoms with Gasteiger partial charge in [-0.25, -0.2) is 9.98 Å². The summed E-state index contributed by atoms with van der Waals surface area (Å²) in [6.45, 7) is 6.48. The Balaban J connectivity index is 0.00000363. The average molecular weight is 553 g/mol. The lowest BCUT2D eigenvalue weighted by Gasteiger charge is -2.27. The zero-order valence-corrected chi connectivity index (χ0v) is 21.7. The maximum atomic E-state index is 5.39. The Labute approximate surface area is 209 Å². The summed E-state index contributed by atoms with van der Waals surface area (Å²) in [6.07, 6.45) is 6.57. The highest BCUT2D eigenvalue weighted by molar-refractivity contribution is 14.0. The molecule has 0 aliphatic carbocycles. The first-order valence-corrected chi connectivity index (χ1v) is 11.2. The fourth-order valence-corrected chi connectivity index (χ4v) is 3.73. The fourth-order valence-electron chi connectivity index (χ4n) is 3.73. The molecule has 32 heavy (non-hydrogen) atoms. The molecule has 0 unspecified atom stereocenters. The summed E-state index contributed by atoms with van der Waals surface area (Å²) in [6, 6.07) is 10.2. The zero-order valence-electron chi connectivity index (χ0n) is 19.4. The molecule has 7 nitrogen and oxygen atoms in total. The molecule has 1 aromatic carbocycles. The standard InChI is InChI=1S/C24H35N5O2.HI/c1-4-25-24(27-13-10-19-8-9-21(30-2)22(16-19)31-3)28-18-20-11-12-26-23(17-20)29-14-6-5-7-15-29;/h8-9,11-12,16-17H,4-7,10,13-15,18H2,1-3H3,(H2,25,27,28);1H. The van der Waals surface area contributed by atoms with Crippen LogP contribution in [0.3, 0.4) is 0 Å². The number of hydrogen-bond donors (Lipinski definition) is 2. The number of anilines is 1. The molecule has 1 fully saturated rings. The van der Waals surface area contributed by atoms with Crippen molar-refractivity contribution in [2.24, 2.45) is 4.99 Å². The number of aromatic nitrogens is 1. The predicted molar refractivity (Wildman–Crippen MR) is 142 cm³/mol. The second kappa shape index (κ2) is 14.0. The number of hydrogen-bond acceptors (Lipinski definition) is 5. The minimum absolute atomic E-state index is 0. The average Bonchev–Trinajstić information content (AvgIpc) is 2.83. The molecule has 0 spiro atoms. The van der Waals surface area contributed by atoms with Crippen molar-refractivity contribution >= 4 is 35.8 Å². The second-order valence-corrected chi connectivity index (χ2v) is 7.63. The number of guanidine groups is 1. The van der Waals surface area contributed by atoms with Crippen molar-refractivity contribution in [2.45, 2.75) is 39.2 Å². The van der Waals surface area contributed by atoms with Gasteiger partial charge >= 0.3 is 0 Å². The maximum absolute atomic E-state index is 5.39. The van der Waals surface area contributed by atoms with Crippen LogP contribution in [0.5, 0.6) is 11.5 Å². The number of pyridine rings is 1. The van der Waals surface area contributed by atoms with Crippen molar-refractivity contribution in [3.63, 3.8) is 0 Å². The van der Waals surface area contributed by atoms with E-state index in [1.165, 1.54) is 30.4 Å². The van der Waals surface area contributed by atoms with E-state index in [2.05, 4.69) is 39.6 Å². The molecule has 8 heteroatoms. The van der Waals surface area contributed by atoms with Gasteiger partial charge in [-0.1, -0.05) is 6.07 Å². The molecule has 2 aromatic rings. The molecule has 2 N–H and O–H groups in total. The van der Waals surface area contributed by atoms with E-state index in [0.29, 0.717) is 6.54 Å². The van der Waals surface area contributed by atoms with Gasteiger partial charge < -0.3 is 25.0 Å². The van der Waals surface area contributed by atoms with Crippen molar-refractivity contribution in [1.29, 1.82) is 0 Å². The summed E-state index contributed by atoms with van der Waals surface area (Å²) in [5.74, 6) is 3.39. The van der Waals surface area contributed by atoms with E-state index in [9.17, 15) is 0 Å². The third kappa shape index (κ3) is 7.72. The molecule has 0 saturated carbocycles. The monoisotopic (exact) mass is 553 g/mol. The molecule has 2 heterocycles. The van der Waals surface area contributed by atoms with Crippen molar-refractivity contribution in [2.75, 3.05) is 45.3 Å². The molecular weight excluding hydrogens is 517 g/mol. The number of nitrogens with zero attached hydrogens (tertiary/aromatic N) is 3. The van der Waals surface area contributed by atoms with Crippen molar-refractivity contribution in [3.8, 4) is 11.5 Å². The highest BCUT2D eigenvalue weighted by atomic mass is 127. The van der Waals surface area contributed by atoms with Crippen LogP contribution in [0.15, 0.2) is 41.5 Å². The first kappa shape index (κ1) is 26.0. The van der Waals surface area contributed by atoms with Crippen LogP contribution in [0.25, 0.3) is 0 Å². The molecule has 1 aromatic heterocycles. The van der Waals surface area contributed by atoms with Crippen molar-refractivity contribution in [1.82, 2.24) is 15.6 Å². The number of benzene rings is 1. The third-order valence-corrected chi connectivity index (χ3v) is 5.41. The van der Waals surface area contributed by atoms with Crippen LogP contribution in [0, 0.1) is 0 Å². The molecule has 0 amide bonds. The molecular formula is C24H36IN5O2. The zero-order chi connectivity index (χ0) is 21.9. The topological polar surface area (TPSA) is 71.0 Å². The van der Waals surface area contributed by atoms with Crippen LogP contribution in [-0.2, 0) is 13.0 Å². The second-order valence-electron chi connectivity index (χ2n) is 7.63. The summed E-state index contributed by atoms with van der Waals surface area (Å²) >= 11 is 0. The SMILES string of the molecule is CCNC(=NCc1ccnc(N2CCCCC2)c1)NCCc1ccc(OC)c(OC)c1.I. The minimum Gasteiger partial charge on any atom is -0.493 e. The van der Waals surface area contributed by atoms with Gasteiger partial charge in [-0.05, 0) is 68.0 Å². The number of ether oxygens (including phenoxy) is 2. The van der Waals surface area contributed by atoms with Crippen LogP contribution in [-0.4, -0.2) is 51.3 Å².